The first-order chi connectivity index (χ1) is 8.84. The second-order valence-electron chi connectivity index (χ2n) is 7.11. The highest BCUT2D eigenvalue weighted by Crippen LogP contribution is 2.22. The van der Waals surface area contributed by atoms with Gasteiger partial charge in [0.1, 0.15) is 0 Å². The van der Waals surface area contributed by atoms with E-state index in [0.29, 0.717) is 12.1 Å². The third-order valence-electron chi connectivity index (χ3n) is 3.86. The van der Waals surface area contributed by atoms with Crippen LogP contribution in [0, 0.1) is 0 Å². The molecule has 19 heavy (non-hydrogen) atoms. The molecule has 0 bridgehead atoms. The Kier molecular flexibility index (Phi) is 4.32. The molecule has 106 valence electrons. The quantitative estimate of drug-likeness (QED) is 0.878. The van der Waals surface area contributed by atoms with Crippen LogP contribution in [0.3, 0.4) is 0 Å². The van der Waals surface area contributed by atoms with E-state index >= 15 is 0 Å². The monoisotopic (exact) mass is 260 g/mol. The smallest absolute Gasteiger partial charge is 0.0235 e. The van der Waals surface area contributed by atoms with Crippen molar-refractivity contribution in [1.29, 1.82) is 0 Å². The van der Waals surface area contributed by atoms with E-state index in [9.17, 15) is 0 Å². The maximum absolute atomic E-state index is 3.58. The Labute approximate surface area is 118 Å². The van der Waals surface area contributed by atoms with Crippen LogP contribution in [0.1, 0.15) is 45.7 Å². The lowest BCUT2D eigenvalue weighted by Gasteiger charge is -2.36. The third kappa shape index (κ3) is 4.05. The molecule has 0 aromatic heterocycles. The molecule has 1 aliphatic heterocycles. The van der Waals surface area contributed by atoms with Gasteiger partial charge in [-0.25, -0.2) is 0 Å². The third-order valence-corrected chi connectivity index (χ3v) is 3.86. The summed E-state index contributed by atoms with van der Waals surface area (Å²) in [4.78, 5) is 2.55. The van der Waals surface area contributed by atoms with Crippen LogP contribution in [-0.2, 0) is 12.0 Å². The SMILES string of the molecule is CC1CN(Cc2ccc(C(C)(C)C)cc2)CC(C)N1. The molecule has 2 atom stereocenters. The largest absolute Gasteiger partial charge is 0.309 e. The molecule has 2 heteroatoms. The molecule has 1 saturated heterocycles. The fraction of sp³-hybridized carbons (Fsp3) is 0.647. The Bertz CT molecular complexity index is 392. The highest BCUT2D eigenvalue weighted by atomic mass is 15.2. The summed E-state index contributed by atoms with van der Waals surface area (Å²) < 4.78 is 0. The number of nitrogens with one attached hydrogen (secondary N) is 1. The Morgan fingerprint density at radius 2 is 1.58 bits per heavy atom. The van der Waals surface area contributed by atoms with Crippen molar-refractivity contribution in [2.24, 2.45) is 0 Å². The molecular weight excluding hydrogens is 232 g/mol. The maximum Gasteiger partial charge on any atom is 0.0235 e. The maximum atomic E-state index is 3.58. The van der Waals surface area contributed by atoms with Crippen LogP contribution in [0.25, 0.3) is 0 Å². The zero-order valence-corrected chi connectivity index (χ0v) is 13.0. The Morgan fingerprint density at radius 3 is 2.05 bits per heavy atom. The van der Waals surface area contributed by atoms with E-state index in [2.05, 4.69) is 69.1 Å². The van der Waals surface area contributed by atoms with Crippen LogP contribution < -0.4 is 5.32 Å². The summed E-state index contributed by atoms with van der Waals surface area (Å²) in [7, 11) is 0. The minimum absolute atomic E-state index is 0.247. The first-order valence-electron chi connectivity index (χ1n) is 7.42. The van der Waals surface area contributed by atoms with E-state index in [-0.39, 0.29) is 5.41 Å². The lowest BCUT2D eigenvalue weighted by molar-refractivity contribution is 0.166. The fourth-order valence-corrected chi connectivity index (χ4v) is 2.94. The standard InChI is InChI=1S/C17H28N2/c1-13-10-19(11-14(2)18-13)12-15-6-8-16(9-7-15)17(3,4)5/h6-9,13-14,18H,10-12H2,1-5H3. The summed E-state index contributed by atoms with van der Waals surface area (Å²) in [6, 6.07) is 10.3. The second-order valence-corrected chi connectivity index (χ2v) is 7.11. The molecule has 0 spiro atoms. The lowest BCUT2D eigenvalue weighted by Crippen LogP contribution is -2.53. The average Bonchev–Trinajstić information content (AvgIpc) is 2.26. The molecule has 0 aliphatic carbocycles. The summed E-state index contributed by atoms with van der Waals surface area (Å²) in [5.74, 6) is 0. The molecule has 2 nitrogen and oxygen atoms in total. The van der Waals surface area contributed by atoms with E-state index in [1.165, 1.54) is 11.1 Å². The van der Waals surface area contributed by atoms with Crippen molar-refractivity contribution in [1.82, 2.24) is 10.2 Å². The molecule has 0 saturated carbocycles. The first-order valence-corrected chi connectivity index (χ1v) is 7.42. The van der Waals surface area contributed by atoms with E-state index in [0.717, 1.165) is 19.6 Å². The number of hydrogen-bond acceptors (Lipinski definition) is 2. The second kappa shape index (κ2) is 5.64. The summed E-state index contributed by atoms with van der Waals surface area (Å²) in [5.41, 5.74) is 3.09. The topological polar surface area (TPSA) is 15.3 Å². The van der Waals surface area contributed by atoms with Crippen molar-refractivity contribution in [3.8, 4) is 0 Å². The number of rotatable bonds is 2. The number of nitrogens with zero attached hydrogens (tertiary/aromatic N) is 1. The minimum Gasteiger partial charge on any atom is -0.309 e. The molecule has 0 amide bonds. The van der Waals surface area contributed by atoms with Gasteiger partial charge in [-0.1, -0.05) is 45.0 Å². The molecule has 1 heterocycles. The fourth-order valence-electron chi connectivity index (χ4n) is 2.94. The van der Waals surface area contributed by atoms with Crippen molar-refractivity contribution < 1.29 is 0 Å². The van der Waals surface area contributed by atoms with Gasteiger partial charge in [0.05, 0.1) is 0 Å². The highest BCUT2D eigenvalue weighted by Gasteiger charge is 2.21. The Balaban J connectivity index is 1.99. The van der Waals surface area contributed by atoms with Crippen molar-refractivity contribution >= 4 is 0 Å². The molecule has 1 aliphatic rings. The zero-order valence-electron chi connectivity index (χ0n) is 13.0. The van der Waals surface area contributed by atoms with Gasteiger partial charge in [-0.2, -0.15) is 0 Å². The van der Waals surface area contributed by atoms with Crippen LogP contribution in [0.2, 0.25) is 0 Å². The summed E-state index contributed by atoms with van der Waals surface area (Å²) in [6.45, 7) is 14.7. The van der Waals surface area contributed by atoms with Crippen molar-refractivity contribution in [2.45, 2.75) is 58.7 Å². The van der Waals surface area contributed by atoms with Crippen molar-refractivity contribution in [3.05, 3.63) is 35.4 Å². The van der Waals surface area contributed by atoms with Crippen molar-refractivity contribution in [2.75, 3.05) is 13.1 Å². The average molecular weight is 260 g/mol. The van der Waals surface area contributed by atoms with Gasteiger partial charge in [-0.3, -0.25) is 4.90 Å². The van der Waals surface area contributed by atoms with Crippen LogP contribution in [0.4, 0.5) is 0 Å². The molecule has 2 unspecified atom stereocenters. The molecule has 0 radical (unpaired) electrons. The van der Waals surface area contributed by atoms with Gasteiger partial charge in [0.2, 0.25) is 0 Å². The van der Waals surface area contributed by atoms with E-state index in [4.69, 9.17) is 0 Å². The van der Waals surface area contributed by atoms with E-state index in [1.807, 2.05) is 0 Å². The number of hydrogen-bond donors (Lipinski definition) is 1. The molecule has 1 fully saturated rings. The van der Waals surface area contributed by atoms with Crippen LogP contribution >= 0.6 is 0 Å². The Hall–Kier alpha value is -0.860. The Morgan fingerprint density at radius 1 is 1.05 bits per heavy atom. The van der Waals surface area contributed by atoms with E-state index < -0.39 is 0 Å². The number of benzene rings is 1. The van der Waals surface area contributed by atoms with Gasteiger partial charge in [-0.05, 0) is 30.4 Å². The van der Waals surface area contributed by atoms with Crippen LogP contribution in [0.15, 0.2) is 24.3 Å². The van der Waals surface area contributed by atoms with Gasteiger partial charge in [0.15, 0.2) is 0 Å². The van der Waals surface area contributed by atoms with Crippen LogP contribution in [0.5, 0.6) is 0 Å². The summed E-state index contributed by atoms with van der Waals surface area (Å²) in [6.07, 6.45) is 0. The van der Waals surface area contributed by atoms with Crippen molar-refractivity contribution in [3.63, 3.8) is 0 Å². The predicted octanol–water partition coefficient (Wildman–Crippen LogP) is 3.17. The number of piperazine rings is 1. The minimum atomic E-state index is 0.247. The van der Waals surface area contributed by atoms with Gasteiger partial charge < -0.3 is 5.32 Å². The molecule has 2 rings (SSSR count). The molecule has 1 N–H and O–H groups in total. The molecular formula is C17H28N2. The normalized spacial score (nSPS) is 25.5. The van der Waals surface area contributed by atoms with Gasteiger partial charge >= 0.3 is 0 Å². The van der Waals surface area contributed by atoms with E-state index in [1.54, 1.807) is 0 Å². The first kappa shape index (κ1) is 14.5. The van der Waals surface area contributed by atoms with Crippen LogP contribution in [-0.4, -0.2) is 30.1 Å². The predicted molar refractivity (Wildman–Crippen MR) is 82.5 cm³/mol. The lowest BCUT2D eigenvalue weighted by atomic mass is 9.87. The summed E-state index contributed by atoms with van der Waals surface area (Å²) in [5, 5.41) is 3.58. The molecule has 1 aromatic carbocycles. The highest BCUT2D eigenvalue weighted by molar-refractivity contribution is 5.27. The van der Waals surface area contributed by atoms with Gasteiger partial charge in [0, 0.05) is 31.7 Å². The van der Waals surface area contributed by atoms with Gasteiger partial charge in [0.25, 0.3) is 0 Å². The molecule has 1 aromatic rings. The summed E-state index contributed by atoms with van der Waals surface area (Å²) >= 11 is 0. The zero-order chi connectivity index (χ0) is 14.0. The van der Waals surface area contributed by atoms with Gasteiger partial charge in [-0.15, -0.1) is 0 Å².